The van der Waals surface area contributed by atoms with Gasteiger partial charge in [-0.15, -0.1) is 0 Å². The lowest BCUT2D eigenvalue weighted by atomic mass is 10.4. The molecule has 0 aliphatic heterocycles. The minimum absolute atomic E-state index is 0.787. The van der Waals surface area contributed by atoms with E-state index < -0.39 is 0 Å². The normalized spacial score (nSPS) is 15.6. The van der Waals surface area contributed by atoms with Gasteiger partial charge >= 0.3 is 0 Å². The summed E-state index contributed by atoms with van der Waals surface area (Å²) in [6.45, 7) is 6.69. The van der Waals surface area contributed by atoms with Crippen LogP contribution >= 0.6 is 0 Å². The molecule has 0 heterocycles. The van der Waals surface area contributed by atoms with Crippen LogP contribution in [0.1, 0.15) is 19.3 Å². The minimum atomic E-state index is 0.787. The number of hydrogen-bond acceptors (Lipinski definition) is 4. The fourth-order valence-corrected chi connectivity index (χ4v) is 1.43. The summed E-state index contributed by atoms with van der Waals surface area (Å²) in [7, 11) is 1.72. The standard InChI is InChI=1S/C12H26N2O2/c1-15-10-8-14-7-6-13-5-2-9-16-11-12-3-4-12/h12-14H,2-11H2,1H3. The SMILES string of the molecule is COCCNCCNCCCOCC1CC1. The van der Waals surface area contributed by atoms with Gasteiger partial charge < -0.3 is 20.1 Å². The van der Waals surface area contributed by atoms with E-state index in [0.29, 0.717) is 0 Å². The van der Waals surface area contributed by atoms with Crippen molar-refractivity contribution in [3.63, 3.8) is 0 Å². The summed E-state index contributed by atoms with van der Waals surface area (Å²) in [5, 5.41) is 6.68. The molecule has 2 N–H and O–H groups in total. The van der Waals surface area contributed by atoms with Crippen molar-refractivity contribution in [3.05, 3.63) is 0 Å². The fourth-order valence-electron chi connectivity index (χ4n) is 1.43. The number of hydrogen-bond donors (Lipinski definition) is 2. The van der Waals surface area contributed by atoms with Crippen LogP contribution in [0.4, 0.5) is 0 Å². The third kappa shape index (κ3) is 9.09. The third-order valence-corrected chi connectivity index (χ3v) is 2.65. The molecule has 0 radical (unpaired) electrons. The zero-order valence-electron chi connectivity index (χ0n) is 10.5. The molecule has 0 aromatic carbocycles. The first-order valence-electron chi connectivity index (χ1n) is 6.41. The summed E-state index contributed by atoms with van der Waals surface area (Å²) in [4.78, 5) is 0. The predicted molar refractivity (Wildman–Crippen MR) is 65.8 cm³/mol. The van der Waals surface area contributed by atoms with Crippen LogP contribution in [0.15, 0.2) is 0 Å². The van der Waals surface area contributed by atoms with E-state index in [2.05, 4.69) is 10.6 Å². The van der Waals surface area contributed by atoms with Crippen molar-refractivity contribution in [2.24, 2.45) is 5.92 Å². The highest BCUT2D eigenvalue weighted by Gasteiger charge is 2.20. The van der Waals surface area contributed by atoms with Gasteiger partial charge in [0.25, 0.3) is 0 Å². The summed E-state index contributed by atoms with van der Waals surface area (Å²) < 4.78 is 10.5. The van der Waals surface area contributed by atoms with E-state index in [-0.39, 0.29) is 0 Å². The lowest BCUT2D eigenvalue weighted by Gasteiger charge is -2.06. The average molecular weight is 230 g/mol. The van der Waals surface area contributed by atoms with Crippen LogP contribution in [-0.4, -0.2) is 53.1 Å². The minimum Gasteiger partial charge on any atom is -0.383 e. The third-order valence-electron chi connectivity index (χ3n) is 2.65. The molecule has 96 valence electrons. The van der Waals surface area contributed by atoms with Crippen molar-refractivity contribution < 1.29 is 9.47 Å². The largest absolute Gasteiger partial charge is 0.383 e. The highest BCUT2D eigenvalue weighted by molar-refractivity contribution is 4.71. The Balaban J connectivity index is 1.61. The summed E-state index contributed by atoms with van der Waals surface area (Å²) in [6.07, 6.45) is 3.88. The highest BCUT2D eigenvalue weighted by Crippen LogP contribution is 2.28. The topological polar surface area (TPSA) is 42.5 Å². The molecule has 0 aromatic rings. The average Bonchev–Trinajstić information content (AvgIpc) is 3.10. The van der Waals surface area contributed by atoms with Crippen LogP contribution in [0.3, 0.4) is 0 Å². The Morgan fingerprint density at radius 1 is 1.00 bits per heavy atom. The fraction of sp³-hybridized carbons (Fsp3) is 1.00. The molecule has 1 aliphatic carbocycles. The van der Waals surface area contributed by atoms with Crippen LogP contribution in [0.25, 0.3) is 0 Å². The Bertz CT molecular complexity index is 152. The number of rotatable bonds is 12. The van der Waals surface area contributed by atoms with Gasteiger partial charge in [0.2, 0.25) is 0 Å². The second-order valence-corrected chi connectivity index (χ2v) is 4.36. The van der Waals surface area contributed by atoms with E-state index in [1.165, 1.54) is 12.8 Å². The lowest BCUT2D eigenvalue weighted by Crippen LogP contribution is -2.30. The molecule has 4 heteroatoms. The van der Waals surface area contributed by atoms with E-state index in [1.807, 2.05) is 0 Å². The molecule has 0 unspecified atom stereocenters. The summed E-state index contributed by atoms with van der Waals surface area (Å²) in [5.41, 5.74) is 0. The second-order valence-electron chi connectivity index (χ2n) is 4.36. The highest BCUT2D eigenvalue weighted by atomic mass is 16.5. The zero-order valence-corrected chi connectivity index (χ0v) is 10.5. The van der Waals surface area contributed by atoms with Gasteiger partial charge in [-0.1, -0.05) is 0 Å². The smallest absolute Gasteiger partial charge is 0.0587 e. The van der Waals surface area contributed by atoms with Crippen molar-refractivity contribution in [2.75, 3.05) is 53.1 Å². The summed E-state index contributed by atoms with van der Waals surface area (Å²) in [5.74, 6) is 0.887. The molecule has 0 amide bonds. The van der Waals surface area contributed by atoms with Gasteiger partial charge in [0.05, 0.1) is 6.61 Å². The molecule has 1 fully saturated rings. The first-order valence-corrected chi connectivity index (χ1v) is 6.41. The molecule has 4 nitrogen and oxygen atoms in total. The molecule has 1 saturated carbocycles. The number of nitrogens with one attached hydrogen (secondary N) is 2. The first-order chi connectivity index (χ1) is 7.93. The van der Waals surface area contributed by atoms with Gasteiger partial charge in [-0.25, -0.2) is 0 Å². The van der Waals surface area contributed by atoms with Crippen LogP contribution in [0.5, 0.6) is 0 Å². The van der Waals surface area contributed by atoms with Gasteiger partial charge in [0, 0.05) is 40.0 Å². The Hall–Kier alpha value is -0.160. The van der Waals surface area contributed by atoms with Crippen molar-refractivity contribution in [1.29, 1.82) is 0 Å². The molecule has 0 aromatic heterocycles. The predicted octanol–water partition coefficient (Wildman–Crippen LogP) is 0.629. The maximum Gasteiger partial charge on any atom is 0.0587 e. The van der Waals surface area contributed by atoms with Crippen LogP contribution in [0.2, 0.25) is 0 Å². The Kier molecular flexibility index (Phi) is 8.71. The van der Waals surface area contributed by atoms with E-state index in [0.717, 1.165) is 58.3 Å². The van der Waals surface area contributed by atoms with Gasteiger partial charge in [-0.05, 0) is 31.7 Å². The summed E-state index contributed by atoms with van der Waals surface area (Å²) in [6, 6.07) is 0. The molecular weight excluding hydrogens is 204 g/mol. The van der Waals surface area contributed by atoms with Crippen molar-refractivity contribution in [3.8, 4) is 0 Å². The second kappa shape index (κ2) is 10.0. The van der Waals surface area contributed by atoms with Crippen molar-refractivity contribution in [1.82, 2.24) is 10.6 Å². The number of methoxy groups -OCH3 is 1. The van der Waals surface area contributed by atoms with Gasteiger partial charge in [-0.3, -0.25) is 0 Å². The van der Waals surface area contributed by atoms with Gasteiger partial charge in [-0.2, -0.15) is 0 Å². The van der Waals surface area contributed by atoms with Gasteiger partial charge in [0.1, 0.15) is 0 Å². The van der Waals surface area contributed by atoms with E-state index in [4.69, 9.17) is 9.47 Å². The Morgan fingerprint density at radius 3 is 2.44 bits per heavy atom. The number of ether oxygens (including phenoxy) is 2. The van der Waals surface area contributed by atoms with Gasteiger partial charge in [0.15, 0.2) is 0 Å². The quantitative estimate of drug-likeness (QED) is 0.483. The van der Waals surface area contributed by atoms with Crippen molar-refractivity contribution >= 4 is 0 Å². The maximum atomic E-state index is 5.55. The van der Waals surface area contributed by atoms with Crippen LogP contribution < -0.4 is 10.6 Å². The van der Waals surface area contributed by atoms with E-state index >= 15 is 0 Å². The molecule has 1 aliphatic rings. The van der Waals surface area contributed by atoms with E-state index in [9.17, 15) is 0 Å². The van der Waals surface area contributed by atoms with E-state index in [1.54, 1.807) is 7.11 Å². The zero-order chi connectivity index (χ0) is 11.5. The molecule has 0 saturated heterocycles. The monoisotopic (exact) mass is 230 g/mol. The summed E-state index contributed by atoms with van der Waals surface area (Å²) >= 11 is 0. The van der Waals surface area contributed by atoms with Crippen LogP contribution in [-0.2, 0) is 9.47 Å². The Morgan fingerprint density at radius 2 is 1.75 bits per heavy atom. The lowest BCUT2D eigenvalue weighted by molar-refractivity contribution is 0.122. The molecule has 0 atom stereocenters. The first kappa shape index (κ1) is 13.9. The Labute approximate surface area is 99.1 Å². The molecular formula is C12H26N2O2. The molecule has 0 spiro atoms. The molecule has 0 bridgehead atoms. The molecule has 16 heavy (non-hydrogen) atoms. The van der Waals surface area contributed by atoms with Crippen molar-refractivity contribution in [2.45, 2.75) is 19.3 Å². The molecule has 1 rings (SSSR count). The van der Waals surface area contributed by atoms with Crippen LogP contribution in [0, 0.1) is 5.92 Å². The maximum absolute atomic E-state index is 5.55.